The van der Waals surface area contributed by atoms with Crippen LogP contribution in [0.4, 0.5) is 16.2 Å². The zero-order valence-electron chi connectivity index (χ0n) is 15.1. The maximum Gasteiger partial charge on any atom is 0.319 e. The number of amides is 3. The normalized spacial score (nSPS) is 13.0. The first-order valence-electron chi connectivity index (χ1n) is 8.42. The Hall–Kier alpha value is -3.26. The quantitative estimate of drug-likeness (QED) is 0.725. The standard InChI is InChI=1S/C19H21N3O5/c1-12(25-2)18(23)21-14-4-3-5-15(9-14)22-19(24)20-10-13-6-7-16-17(8-13)27-11-26-16/h3-9,12H,10-11H2,1-2H3,(H,21,23)(H2,20,22,24)/t12-/m1/s1. The van der Waals surface area contributed by atoms with E-state index in [1.165, 1.54) is 7.11 Å². The third-order valence-electron chi connectivity index (χ3n) is 4.00. The molecule has 27 heavy (non-hydrogen) atoms. The SMILES string of the molecule is CO[C@H](C)C(=O)Nc1cccc(NC(=O)NCc2ccc3c(c2)OCO3)c1. The van der Waals surface area contributed by atoms with Crippen molar-refractivity contribution in [3.8, 4) is 11.5 Å². The lowest BCUT2D eigenvalue weighted by Crippen LogP contribution is -2.28. The van der Waals surface area contributed by atoms with Gasteiger partial charge in [0.05, 0.1) is 0 Å². The van der Waals surface area contributed by atoms with Gasteiger partial charge < -0.3 is 30.2 Å². The lowest BCUT2D eigenvalue weighted by molar-refractivity contribution is -0.124. The molecule has 8 nitrogen and oxygen atoms in total. The molecule has 3 rings (SSSR count). The molecule has 1 aliphatic heterocycles. The summed E-state index contributed by atoms with van der Waals surface area (Å²) < 4.78 is 15.5. The number of rotatable bonds is 6. The average molecular weight is 371 g/mol. The molecule has 0 radical (unpaired) electrons. The Morgan fingerprint density at radius 1 is 1.07 bits per heavy atom. The van der Waals surface area contributed by atoms with Crippen molar-refractivity contribution in [1.29, 1.82) is 0 Å². The van der Waals surface area contributed by atoms with Gasteiger partial charge in [-0.3, -0.25) is 4.79 Å². The highest BCUT2D eigenvalue weighted by Gasteiger charge is 2.14. The molecule has 8 heteroatoms. The molecule has 142 valence electrons. The van der Waals surface area contributed by atoms with E-state index in [4.69, 9.17) is 14.2 Å². The molecule has 0 fully saturated rings. The molecular weight excluding hydrogens is 350 g/mol. The van der Waals surface area contributed by atoms with Gasteiger partial charge in [-0.25, -0.2) is 4.79 Å². The molecular formula is C19H21N3O5. The Balaban J connectivity index is 1.53. The van der Waals surface area contributed by atoms with Crippen molar-refractivity contribution in [3.63, 3.8) is 0 Å². The van der Waals surface area contributed by atoms with Crippen LogP contribution >= 0.6 is 0 Å². The van der Waals surface area contributed by atoms with Crippen LogP contribution in [0.2, 0.25) is 0 Å². The van der Waals surface area contributed by atoms with Crippen molar-refractivity contribution in [1.82, 2.24) is 5.32 Å². The van der Waals surface area contributed by atoms with Gasteiger partial charge in [0, 0.05) is 25.0 Å². The second-order valence-electron chi connectivity index (χ2n) is 5.94. The lowest BCUT2D eigenvalue weighted by Gasteiger charge is -2.12. The predicted molar refractivity (Wildman–Crippen MR) is 100.0 cm³/mol. The molecule has 2 aromatic carbocycles. The van der Waals surface area contributed by atoms with Crippen LogP contribution in [-0.4, -0.2) is 31.9 Å². The molecule has 0 unspecified atom stereocenters. The number of methoxy groups -OCH3 is 1. The van der Waals surface area contributed by atoms with Crippen LogP contribution in [0.25, 0.3) is 0 Å². The number of hydrogen-bond donors (Lipinski definition) is 3. The first-order chi connectivity index (χ1) is 13.0. The monoisotopic (exact) mass is 371 g/mol. The van der Waals surface area contributed by atoms with Crippen molar-refractivity contribution in [3.05, 3.63) is 48.0 Å². The van der Waals surface area contributed by atoms with Crippen molar-refractivity contribution in [2.75, 3.05) is 24.5 Å². The van der Waals surface area contributed by atoms with Crippen LogP contribution in [-0.2, 0) is 16.1 Å². The highest BCUT2D eigenvalue weighted by Crippen LogP contribution is 2.32. The minimum atomic E-state index is -0.563. The van der Waals surface area contributed by atoms with E-state index in [0.29, 0.717) is 29.4 Å². The average Bonchev–Trinajstić information content (AvgIpc) is 3.13. The van der Waals surface area contributed by atoms with E-state index in [9.17, 15) is 9.59 Å². The molecule has 1 atom stereocenters. The lowest BCUT2D eigenvalue weighted by atomic mass is 10.2. The van der Waals surface area contributed by atoms with Crippen LogP contribution < -0.4 is 25.4 Å². The summed E-state index contributed by atoms with van der Waals surface area (Å²) in [5.74, 6) is 1.11. The van der Waals surface area contributed by atoms with E-state index < -0.39 is 6.10 Å². The molecule has 0 saturated carbocycles. The third kappa shape index (κ3) is 4.89. The Labute approximate surface area is 156 Å². The number of benzene rings is 2. The second kappa shape index (κ2) is 8.41. The number of fused-ring (bicyclic) bond motifs is 1. The fourth-order valence-electron chi connectivity index (χ4n) is 2.43. The van der Waals surface area contributed by atoms with Gasteiger partial charge in [0.1, 0.15) is 6.10 Å². The molecule has 2 aromatic rings. The van der Waals surface area contributed by atoms with Crippen LogP contribution in [0.3, 0.4) is 0 Å². The van der Waals surface area contributed by atoms with Crippen LogP contribution in [0.15, 0.2) is 42.5 Å². The summed E-state index contributed by atoms with van der Waals surface area (Å²) in [6, 6.07) is 12.0. The number of hydrogen-bond acceptors (Lipinski definition) is 5. The van der Waals surface area contributed by atoms with Crippen molar-refractivity contribution in [2.45, 2.75) is 19.6 Å². The molecule has 1 aliphatic rings. The first-order valence-corrected chi connectivity index (χ1v) is 8.42. The zero-order chi connectivity index (χ0) is 19.2. The van der Waals surface area contributed by atoms with Crippen molar-refractivity contribution >= 4 is 23.3 Å². The van der Waals surface area contributed by atoms with E-state index >= 15 is 0 Å². The second-order valence-corrected chi connectivity index (χ2v) is 5.94. The molecule has 3 N–H and O–H groups in total. The molecule has 0 spiro atoms. The van der Waals surface area contributed by atoms with Gasteiger partial charge in [-0.05, 0) is 42.8 Å². The van der Waals surface area contributed by atoms with Gasteiger partial charge in [0.15, 0.2) is 11.5 Å². The molecule has 0 aliphatic carbocycles. The summed E-state index contributed by atoms with van der Waals surface area (Å²) in [4.78, 5) is 24.0. The molecule has 0 aromatic heterocycles. The zero-order valence-corrected chi connectivity index (χ0v) is 15.1. The van der Waals surface area contributed by atoms with E-state index in [-0.39, 0.29) is 18.7 Å². The Morgan fingerprint density at radius 3 is 2.59 bits per heavy atom. The van der Waals surface area contributed by atoms with Crippen LogP contribution in [0.5, 0.6) is 11.5 Å². The fraction of sp³-hybridized carbons (Fsp3) is 0.263. The first kappa shape index (κ1) is 18.5. The molecule has 0 saturated heterocycles. The van der Waals surface area contributed by atoms with Crippen molar-refractivity contribution < 1.29 is 23.8 Å². The predicted octanol–water partition coefficient (Wildman–Crippen LogP) is 2.71. The summed E-state index contributed by atoms with van der Waals surface area (Å²) in [6.07, 6.45) is -0.563. The topological polar surface area (TPSA) is 97.9 Å². The van der Waals surface area contributed by atoms with Crippen LogP contribution in [0, 0.1) is 0 Å². The van der Waals surface area contributed by atoms with Gasteiger partial charge in [0.25, 0.3) is 5.91 Å². The fourth-order valence-corrected chi connectivity index (χ4v) is 2.43. The summed E-state index contributed by atoms with van der Waals surface area (Å²) >= 11 is 0. The highest BCUT2D eigenvalue weighted by atomic mass is 16.7. The maximum absolute atomic E-state index is 12.1. The molecule has 1 heterocycles. The molecule has 0 bridgehead atoms. The van der Waals surface area contributed by atoms with Gasteiger partial charge in [-0.2, -0.15) is 0 Å². The summed E-state index contributed by atoms with van der Waals surface area (Å²) in [5, 5.41) is 8.23. The summed E-state index contributed by atoms with van der Waals surface area (Å²) in [5.41, 5.74) is 2.02. The van der Waals surface area contributed by atoms with Gasteiger partial charge in [-0.1, -0.05) is 12.1 Å². The Bertz CT molecular complexity index is 840. The number of urea groups is 1. The van der Waals surface area contributed by atoms with E-state index in [1.807, 2.05) is 18.2 Å². The van der Waals surface area contributed by atoms with Crippen LogP contribution in [0.1, 0.15) is 12.5 Å². The van der Waals surface area contributed by atoms with Gasteiger partial charge in [-0.15, -0.1) is 0 Å². The van der Waals surface area contributed by atoms with Gasteiger partial charge in [0.2, 0.25) is 6.79 Å². The Kier molecular flexibility index (Phi) is 5.77. The highest BCUT2D eigenvalue weighted by molar-refractivity contribution is 5.95. The molecule has 3 amide bonds. The minimum absolute atomic E-state index is 0.211. The number of ether oxygens (including phenoxy) is 3. The largest absolute Gasteiger partial charge is 0.454 e. The maximum atomic E-state index is 12.1. The minimum Gasteiger partial charge on any atom is -0.454 e. The number of carbonyl (C=O) groups is 2. The summed E-state index contributed by atoms with van der Waals surface area (Å²) in [6.45, 7) is 2.20. The smallest absolute Gasteiger partial charge is 0.319 e. The number of anilines is 2. The van der Waals surface area contributed by atoms with Crippen molar-refractivity contribution in [2.24, 2.45) is 0 Å². The third-order valence-corrected chi connectivity index (χ3v) is 4.00. The van der Waals surface area contributed by atoms with E-state index in [0.717, 1.165) is 5.56 Å². The van der Waals surface area contributed by atoms with E-state index in [2.05, 4.69) is 16.0 Å². The summed E-state index contributed by atoms with van der Waals surface area (Å²) in [7, 11) is 1.46. The Morgan fingerprint density at radius 2 is 1.81 bits per heavy atom. The van der Waals surface area contributed by atoms with E-state index in [1.54, 1.807) is 31.2 Å². The van der Waals surface area contributed by atoms with Gasteiger partial charge >= 0.3 is 6.03 Å². The number of nitrogens with one attached hydrogen (secondary N) is 3. The number of carbonyl (C=O) groups excluding carboxylic acids is 2.